The minimum atomic E-state index is -4.37. The predicted octanol–water partition coefficient (Wildman–Crippen LogP) is 2.63. The Hall–Kier alpha value is -1.30. The molecular formula is C9H6F3NOS. The van der Waals surface area contributed by atoms with Crippen LogP contribution in [0.3, 0.4) is 0 Å². The van der Waals surface area contributed by atoms with E-state index < -0.39 is 18.3 Å². The topological polar surface area (TPSA) is 22.0 Å². The largest absolute Gasteiger partial charge is 0.406 e. The van der Waals surface area contributed by atoms with E-state index in [0.29, 0.717) is 14.7 Å². The van der Waals surface area contributed by atoms with Gasteiger partial charge in [0.2, 0.25) is 0 Å². The highest BCUT2D eigenvalue weighted by Crippen LogP contribution is 2.19. The third-order valence-electron chi connectivity index (χ3n) is 1.94. The molecule has 0 atom stereocenters. The molecule has 80 valence electrons. The molecule has 0 unspecified atom stereocenters. The van der Waals surface area contributed by atoms with Crippen molar-refractivity contribution >= 4 is 21.4 Å². The number of nitrogens with zero attached hydrogens (tertiary/aromatic N) is 1. The van der Waals surface area contributed by atoms with Crippen molar-refractivity contribution in [1.82, 2.24) is 4.57 Å². The summed E-state index contributed by atoms with van der Waals surface area (Å²) < 4.78 is 37.7. The Morgan fingerprint density at radius 1 is 1.33 bits per heavy atom. The molecule has 0 fully saturated rings. The molecule has 15 heavy (non-hydrogen) atoms. The lowest BCUT2D eigenvalue weighted by molar-refractivity contribution is -0.141. The van der Waals surface area contributed by atoms with Crippen molar-refractivity contribution in [1.29, 1.82) is 0 Å². The first-order valence-corrected chi connectivity index (χ1v) is 4.99. The molecule has 0 bridgehead atoms. The van der Waals surface area contributed by atoms with Crippen molar-refractivity contribution in [2.75, 3.05) is 0 Å². The lowest BCUT2D eigenvalue weighted by atomic mass is 10.3. The van der Waals surface area contributed by atoms with E-state index in [9.17, 15) is 18.0 Å². The molecule has 0 amide bonds. The maximum atomic E-state index is 12.1. The Bertz CT molecular complexity index is 540. The molecular weight excluding hydrogens is 227 g/mol. The minimum Gasteiger partial charge on any atom is -0.306 e. The van der Waals surface area contributed by atoms with Gasteiger partial charge < -0.3 is 4.57 Å². The van der Waals surface area contributed by atoms with Crippen LogP contribution in [0, 0.1) is 0 Å². The monoisotopic (exact) mass is 233 g/mol. The molecule has 0 aromatic carbocycles. The molecule has 2 rings (SSSR count). The maximum Gasteiger partial charge on any atom is 0.406 e. The fraction of sp³-hybridized carbons (Fsp3) is 0.222. The normalized spacial score (nSPS) is 12.2. The van der Waals surface area contributed by atoms with Gasteiger partial charge in [-0.1, -0.05) is 0 Å². The van der Waals surface area contributed by atoms with Crippen LogP contribution in [-0.2, 0) is 6.54 Å². The quantitative estimate of drug-likeness (QED) is 0.742. The molecule has 0 N–H and O–H groups in total. The summed E-state index contributed by atoms with van der Waals surface area (Å²) in [6.07, 6.45) is -3.19. The van der Waals surface area contributed by atoms with Crippen LogP contribution < -0.4 is 5.56 Å². The van der Waals surface area contributed by atoms with Gasteiger partial charge in [0.1, 0.15) is 6.54 Å². The van der Waals surface area contributed by atoms with Crippen LogP contribution in [0.1, 0.15) is 0 Å². The average Bonchev–Trinajstić information content (AvgIpc) is 2.56. The fourth-order valence-corrected chi connectivity index (χ4v) is 2.10. The van der Waals surface area contributed by atoms with Crippen molar-refractivity contribution in [2.45, 2.75) is 12.7 Å². The van der Waals surface area contributed by atoms with E-state index >= 15 is 0 Å². The van der Waals surface area contributed by atoms with Crippen LogP contribution in [-0.4, -0.2) is 10.7 Å². The lowest BCUT2D eigenvalue weighted by Gasteiger charge is -2.08. The zero-order valence-electron chi connectivity index (χ0n) is 7.41. The number of aromatic nitrogens is 1. The summed E-state index contributed by atoms with van der Waals surface area (Å²) in [7, 11) is 0. The molecule has 0 saturated heterocycles. The standard InChI is InChI=1S/C9H6F3NOS/c10-9(11,12)5-13-3-1-7-6(8(13)14)2-4-15-7/h1-4H,5H2. The molecule has 2 nitrogen and oxygen atoms in total. The van der Waals surface area contributed by atoms with E-state index in [1.807, 2.05) is 0 Å². The smallest absolute Gasteiger partial charge is 0.306 e. The van der Waals surface area contributed by atoms with Crippen LogP contribution in [0.5, 0.6) is 0 Å². The average molecular weight is 233 g/mol. The van der Waals surface area contributed by atoms with Crippen LogP contribution >= 0.6 is 11.3 Å². The molecule has 6 heteroatoms. The van der Waals surface area contributed by atoms with Crippen LogP contribution in [0.2, 0.25) is 0 Å². The van der Waals surface area contributed by atoms with Crippen molar-refractivity contribution in [3.8, 4) is 0 Å². The number of hydrogen-bond donors (Lipinski definition) is 0. The SMILES string of the molecule is O=c1c2ccsc2ccn1CC(F)(F)F. The van der Waals surface area contributed by atoms with Gasteiger partial charge in [0.25, 0.3) is 5.56 Å². The summed E-state index contributed by atoms with van der Waals surface area (Å²) in [5.41, 5.74) is -0.592. The summed E-state index contributed by atoms with van der Waals surface area (Å²) >= 11 is 1.33. The summed E-state index contributed by atoms with van der Waals surface area (Å²) in [6.45, 7) is -1.24. The number of halogens is 3. The minimum absolute atomic E-state index is 0.340. The highest BCUT2D eigenvalue weighted by atomic mass is 32.1. The van der Waals surface area contributed by atoms with E-state index in [2.05, 4.69) is 0 Å². The zero-order valence-corrected chi connectivity index (χ0v) is 8.23. The second-order valence-corrected chi connectivity index (χ2v) is 4.01. The second-order valence-electron chi connectivity index (χ2n) is 3.06. The van der Waals surface area contributed by atoms with E-state index in [0.717, 1.165) is 0 Å². The Morgan fingerprint density at radius 3 is 2.73 bits per heavy atom. The fourth-order valence-electron chi connectivity index (χ4n) is 1.32. The summed E-state index contributed by atoms with van der Waals surface area (Å²) in [6, 6.07) is 3.06. The maximum absolute atomic E-state index is 12.1. The van der Waals surface area contributed by atoms with Crippen molar-refractivity contribution in [3.05, 3.63) is 34.1 Å². The molecule has 0 aliphatic carbocycles. The van der Waals surface area contributed by atoms with E-state index in [4.69, 9.17) is 0 Å². The summed E-state index contributed by atoms with van der Waals surface area (Å²) in [5, 5.41) is 2.02. The van der Waals surface area contributed by atoms with Gasteiger partial charge in [-0.25, -0.2) is 0 Å². The molecule has 0 saturated carbocycles. The molecule has 0 aliphatic rings. The molecule has 2 aromatic heterocycles. The number of rotatable bonds is 1. The zero-order chi connectivity index (χ0) is 11.1. The van der Waals surface area contributed by atoms with Crippen molar-refractivity contribution in [3.63, 3.8) is 0 Å². The third-order valence-corrected chi connectivity index (χ3v) is 2.82. The predicted molar refractivity (Wildman–Crippen MR) is 52.1 cm³/mol. The van der Waals surface area contributed by atoms with E-state index in [1.165, 1.54) is 29.7 Å². The van der Waals surface area contributed by atoms with Gasteiger partial charge in [0, 0.05) is 10.9 Å². The van der Waals surface area contributed by atoms with Crippen LogP contribution in [0.15, 0.2) is 28.5 Å². The molecule has 0 aliphatic heterocycles. The Kier molecular flexibility index (Phi) is 2.30. The number of fused-ring (bicyclic) bond motifs is 1. The highest BCUT2D eigenvalue weighted by Gasteiger charge is 2.28. The van der Waals surface area contributed by atoms with Crippen LogP contribution in [0.4, 0.5) is 13.2 Å². The number of thiophene rings is 1. The number of alkyl halides is 3. The van der Waals surface area contributed by atoms with Crippen molar-refractivity contribution in [2.24, 2.45) is 0 Å². The van der Waals surface area contributed by atoms with E-state index in [-0.39, 0.29) is 0 Å². The Labute approximate surface area is 86.6 Å². The first-order chi connectivity index (χ1) is 6.97. The highest BCUT2D eigenvalue weighted by molar-refractivity contribution is 7.17. The Balaban J connectivity index is 2.53. The second kappa shape index (κ2) is 3.37. The van der Waals surface area contributed by atoms with Gasteiger partial charge in [-0.15, -0.1) is 11.3 Å². The van der Waals surface area contributed by atoms with Gasteiger partial charge in [-0.3, -0.25) is 4.79 Å². The lowest BCUT2D eigenvalue weighted by Crippen LogP contribution is -2.27. The molecule has 2 heterocycles. The third kappa shape index (κ3) is 2.04. The summed E-state index contributed by atoms with van der Waals surface area (Å²) in [5.74, 6) is 0. The first kappa shape index (κ1) is 10.2. The first-order valence-electron chi connectivity index (χ1n) is 4.11. The van der Waals surface area contributed by atoms with Gasteiger partial charge in [-0.2, -0.15) is 13.2 Å². The van der Waals surface area contributed by atoms with E-state index in [1.54, 1.807) is 5.38 Å². The van der Waals surface area contributed by atoms with Crippen LogP contribution in [0.25, 0.3) is 10.1 Å². The van der Waals surface area contributed by atoms with Gasteiger partial charge >= 0.3 is 6.18 Å². The number of hydrogen-bond acceptors (Lipinski definition) is 2. The Morgan fingerprint density at radius 2 is 2.07 bits per heavy atom. The van der Waals surface area contributed by atoms with Gasteiger partial charge in [0.15, 0.2) is 0 Å². The molecule has 2 aromatic rings. The van der Waals surface area contributed by atoms with Gasteiger partial charge in [-0.05, 0) is 17.5 Å². The summed E-state index contributed by atoms with van der Waals surface area (Å²) in [4.78, 5) is 11.5. The van der Waals surface area contributed by atoms with Gasteiger partial charge in [0.05, 0.1) is 5.39 Å². The molecule has 0 spiro atoms. The number of pyridine rings is 1. The van der Waals surface area contributed by atoms with Crippen molar-refractivity contribution < 1.29 is 13.2 Å². The molecule has 0 radical (unpaired) electrons.